The number of hydrogen-bond acceptors (Lipinski definition) is 4. The summed E-state index contributed by atoms with van der Waals surface area (Å²) in [4.78, 5) is 0.932. The molecule has 1 aromatic carbocycles. The Morgan fingerprint density at radius 2 is 2.33 bits per heavy atom. The first kappa shape index (κ1) is 9.98. The van der Waals surface area contributed by atoms with Gasteiger partial charge < -0.3 is 9.94 Å². The van der Waals surface area contributed by atoms with E-state index >= 15 is 0 Å². The number of thiophene rings is 1. The average molecular weight is 221 g/mol. The third kappa shape index (κ3) is 2.10. The van der Waals surface area contributed by atoms with Crippen molar-refractivity contribution >= 4 is 27.6 Å². The van der Waals surface area contributed by atoms with Gasteiger partial charge in [0.25, 0.3) is 0 Å². The molecule has 0 fully saturated rings. The van der Waals surface area contributed by atoms with Crippen LogP contribution in [0.15, 0.2) is 29.4 Å². The van der Waals surface area contributed by atoms with E-state index < -0.39 is 0 Å². The molecule has 0 spiro atoms. The summed E-state index contributed by atoms with van der Waals surface area (Å²) in [5.41, 5.74) is 0. The van der Waals surface area contributed by atoms with E-state index in [0.717, 1.165) is 20.7 Å². The first-order valence-corrected chi connectivity index (χ1v) is 5.49. The van der Waals surface area contributed by atoms with Crippen LogP contribution in [-0.4, -0.2) is 18.0 Å². The summed E-state index contributed by atoms with van der Waals surface area (Å²) in [7, 11) is 0. The van der Waals surface area contributed by atoms with Gasteiger partial charge in [0.1, 0.15) is 5.75 Å². The van der Waals surface area contributed by atoms with Gasteiger partial charge in [-0.05, 0) is 36.6 Å². The molecule has 0 aliphatic carbocycles. The highest BCUT2D eigenvalue weighted by Gasteiger charge is 2.01. The van der Waals surface area contributed by atoms with Gasteiger partial charge in [-0.1, -0.05) is 5.16 Å². The lowest BCUT2D eigenvalue weighted by Crippen LogP contribution is -1.89. The highest BCUT2D eigenvalue weighted by atomic mass is 32.1. The van der Waals surface area contributed by atoms with Crippen molar-refractivity contribution in [3.05, 3.63) is 29.1 Å². The molecule has 1 aromatic heterocycles. The van der Waals surface area contributed by atoms with Crippen LogP contribution in [0.2, 0.25) is 0 Å². The molecule has 78 valence electrons. The van der Waals surface area contributed by atoms with Crippen molar-refractivity contribution in [3.8, 4) is 5.75 Å². The minimum atomic E-state index is 0.668. The van der Waals surface area contributed by atoms with Crippen molar-refractivity contribution in [1.82, 2.24) is 0 Å². The van der Waals surface area contributed by atoms with Gasteiger partial charge >= 0.3 is 0 Å². The molecule has 0 amide bonds. The van der Waals surface area contributed by atoms with E-state index in [-0.39, 0.29) is 0 Å². The van der Waals surface area contributed by atoms with Crippen LogP contribution in [0.1, 0.15) is 11.8 Å². The van der Waals surface area contributed by atoms with Crippen LogP contribution < -0.4 is 4.74 Å². The van der Waals surface area contributed by atoms with Crippen molar-refractivity contribution < 1.29 is 9.94 Å². The molecule has 3 nitrogen and oxygen atoms in total. The number of nitrogens with zero attached hydrogens (tertiary/aromatic N) is 1. The van der Waals surface area contributed by atoms with Crippen LogP contribution in [0, 0.1) is 0 Å². The zero-order chi connectivity index (χ0) is 10.7. The molecule has 1 N–H and O–H groups in total. The molecule has 4 heteroatoms. The fourth-order valence-corrected chi connectivity index (χ4v) is 2.37. The molecule has 2 rings (SSSR count). The summed E-state index contributed by atoms with van der Waals surface area (Å²) in [6.45, 7) is 2.63. The SMILES string of the molecule is CCOc1ccc2cc(C=NO)sc2c1. The van der Waals surface area contributed by atoms with E-state index in [1.807, 2.05) is 31.2 Å². The molecule has 1 heterocycles. The van der Waals surface area contributed by atoms with Gasteiger partial charge in [-0.2, -0.15) is 0 Å². The molecule has 0 aliphatic rings. The summed E-state index contributed by atoms with van der Waals surface area (Å²) in [6.07, 6.45) is 1.44. The second-order valence-corrected chi connectivity index (χ2v) is 4.14. The number of fused-ring (bicyclic) bond motifs is 1. The molecular formula is C11H11NO2S. The summed E-state index contributed by atoms with van der Waals surface area (Å²) in [5.74, 6) is 0.874. The first-order valence-electron chi connectivity index (χ1n) is 4.67. The van der Waals surface area contributed by atoms with Crippen molar-refractivity contribution in [1.29, 1.82) is 0 Å². The van der Waals surface area contributed by atoms with E-state index in [1.54, 1.807) is 11.3 Å². The minimum Gasteiger partial charge on any atom is -0.494 e. The Hall–Kier alpha value is -1.55. The van der Waals surface area contributed by atoms with Gasteiger partial charge in [0.2, 0.25) is 0 Å². The molecule has 0 unspecified atom stereocenters. The molecule has 0 saturated heterocycles. The van der Waals surface area contributed by atoms with Crippen LogP contribution >= 0.6 is 11.3 Å². The fraction of sp³-hybridized carbons (Fsp3) is 0.182. The highest BCUT2D eigenvalue weighted by Crippen LogP contribution is 2.28. The van der Waals surface area contributed by atoms with E-state index in [2.05, 4.69) is 5.16 Å². The lowest BCUT2D eigenvalue weighted by molar-refractivity contribution is 0.322. The molecule has 0 radical (unpaired) electrons. The van der Waals surface area contributed by atoms with Crippen molar-refractivity contribution in [2.45, 2.75) is 6.92 Å². The van der Waals surface area contributed by atoms with E-state index in [0.29, 0.717) is 6.61 Å². The molecule has 0 aliphatic heterocycles. The average Bonchev–Trinajstić information content (AvgIpc) is 2.60. The molecular weight excluding hydrogens is 210 g/mol. The molecule has 0 saturated carbocycles. The molecule has 0 atom stereocenters. The third-order valence-corrected chi connectivity index (χ3v) is 3.04. The standard InChI is InChI=1S/C11H11NO2S/c1-2-14-9-4-3-8-5-10(7-12-13)15-11(8)6-9/h3-7,13H,2H2,1H3. The van der Waals surface area contributed by atoms with Crippen molar-refractivity contribution in [2.75, 3.05) is 6.61 Å². The van der Waals surface area contributed by atoms with Crippen LogP contribution in [0.5, 0.6) is 5.75 Å². The predicted molar refractivity (Wildman–Crippen MR) is 62.4 cm³/mol. The summed E-state index contributed by atoms with van der Waals surface area (Å²) < 4.78 is 6.54. The predicted octanol–water partition coefficient (Wildman–Crippen LogP) is 3.11. The van der Waals surface area contributed by atoms with E-state index in [4.69, 9.17) is 9.94 Å². The quantitative estimate of drug-likeness (QED) is 0.491. The first-order chi connectivity index (χ1) is 7.33. The summed E-state index contributed by atoms with van der Waals surface area (Å²) >= 11 is 1.57. The Labute approximate surface area is 91.6 Å². The Kier molecular flexibility index (Phi) is 2.87. The van der Waals surface area contributed by atoms with Gasteiger partial charge in [0.15, 0.2) is 0 Å². The van der Waals surface area contributed by atoms with Crippen LogP contribution in [-0.2, 0) is 0 Å². The zero-order valence-corrected chi connectivity index (χ0v) is 9.12. The minimum absolute atomic E-state index is 0.668. The number of benzene rings is 1. The largest absolute Gasteiger partial charge is 0.494 e. The molecule has 0 bridgehead atoms. The van der Waals surface area contributed by atoms with Gasteiger partial charge in [-0.3, -0.25) is 0 Å². The molecule has 15 heavy (non-hydrogen) atoms. The topological polar surface area (TPSA) is 41.8 Å². The van der Waals surface area contributed by atoms with Gasteiger partial charge in [0.05, 0.1) is 12.8 Å². The Morgan fingerprint density at radius 1 is 1.47 bits per heavy atom. The van der Waals surface area contributed by atoms with Gasteiger partial charge in [-0.25, -0.2) is 0 Å². The van der Waals surface area contributed by atoms with Crippen molar-refractivity contribution in [2.24, 2.45) is 5.16 Å². The van der Waals surface area contributed by atoms with E-state index in [9.17, 15) is 0 Å². The third-order valence-electron chi connectivity index (χ3n) is 2.01. The Balaban J connectivity index is 2.42. The lowest BCUT2D eigenvalue weighted by Gasteiger charge is -2.01. The Bertz CT molecular complexity index is 490. The lowest BCUT2D eigenvalue weighted by atomic mass is 10.2. The molecule has 2 aromatic rings. The zero-order valence-electron chi connectivity index (χ0n) is 8.30. The summed E-state index contributed by atoms with van der Waals surface area (Å²) in [6, 6.07) is 7.93. The maximum atomic E-state index is 8.44. The number of hydrogen-bond donors (Lipinski definition) is 1. The van der Waals surface area contributed by atoms with Gasteiger partial charge in [-0.15, -0.1) is 11.3 Å². The van der Waals surface area contributed by atoms with Gasteiger partial charge in [0, 0.05) is 9.58 Å². The van der Waals surface area contributed by atoms with E-state index in [1.165, 1.54) is 6.21 Å². The second kappa shape index (κ2) is 4.31. The fourth-order valence-electron chi connectivity index (χ4n) is 1.41. The van der Waals surface area contributed by atoms with Crippen LogP contribution in [0.25, 0.3) is 10.1 Å². The van der Waals surface area contributed by atoms with Crippen LogP contribution in [0.4, 0.5) is 0 Å². The normalized spacial score (nSPS) is 11.3. The monoisotopic (exact) mass is 221 g/mol. The number of oxime groups is 1. The second-order valence-electron chi connectivity index (χ2n) is 3.03. The Morgan fingerprint density at radius 3 is 3.07 bits per heavy atom. The summed E-state index contributed by atoms with van der Waals surface area (Å²) in [5, 5.41) is 12.6. The highest BCUT2D eigenvalue weighted by molar-refractivity contribution is 7.20. The number of ether oxygens (including phenoxy) is 1. The maximum absolute atomic E-state index is 8.44. The van der Waals surface area contributed by atoms with Crippen molar-refractivity contribution in [3.63, 3.8) is 0 Å². The van der Waals surface area contributed by atoms with Crippen LogP contribution in [0.3, 0.4) is 0 Å². The number of rotatable bonds is 3. The maximum Gasteiger partial charge on any atom is 0.120 e. The smallest absolute Gasteiger partial charge is 0.120 e.